The van der Waals surface area contributed by atoms with Gasteiger partial charge in [-0.1, -0.05) is 55.4 Å². The first-order valence-electron chi connectivity index (χ1n) is 7.67. The van der Waals surface area contributed by atoms with Crippen LogP contribution in [0.1, 0.15) is 55.4 Å². The van der Waals surface area contributed by atoms with E-state index in [0.29, 0.717) is 0 Å². The van der Waals surface area contributed by atoms with Crippen molar-refractivity contribution >= 4 is 0 Å². The number of rotatable bonds is 8. The van der Waals surface area contributed by atoms with Crippen LogP contribution in [-0.2, 0) is 0 Å². The van der Waals surface area contributed by atoms with Gasteiger partial charge >= 0.3 is 0 Å². The molecule has 0 unspecified atom stereocenters. The standard InChI is InChI=1S/2C8H19N/c2*1-7(2)5-9-6-8(3)4/h2*7-9H,5-6H2,1-4H3. The predicted molar refractivity (Wildman–Crippen MR) is 85.1 cm³/mol. The van der Waals surface area contributed by atoms with E-state index in [4.69, 9.17) is 0 Å². The van der Waals surface area contributed by atoms with E-state index in [1.54, 1.807) is 0 Å². The third-order valence-electron chi connectivity index (χ3n) is 2.21. The maximum atomic E-state index is 3.38. The van der Waals surface area contributed by atoms with E-state index >= 15 is 0 Å². The fraction of sp³-hybridized carbons (Fsp3) is 1.00. The third-order valence-corrected chi connectivity index (χ3v) is 2.21. The molecule has 0 aliphatic rings. The molecule has 2 N–H and O–H groups in total. The molecule has 0 radical (unpaired) electrons. The molecule has 2 nitrogen and oxygen atoms in total. The lowest BCUT2D eigenvalue weighted by Gasteiger charge is -2.08. The largest absolute Gasteiger partial charge is 0.316 e. The first kappa shape index (κ1) is 20.2. The zero-order chi connectivity index (χ0) is 14.6. The molecule has 0 amide bonds. The molecule has 0 rings (SSSR count). The molecule has 0 heterocycles. The minimum atomic E-state index is 0.781. The van der Waals surface area contributed by atoms with Crippen LogP contribution < -0.4 is 10.6 Å². The van der Waals surface area contributed by atoms with Crippen molar-refractivity contribution in [3.63, 3.8) is 0 Å². The van der Waals surface area contributed by atoms with Gasteiger partial charge in [-0.2, -0.15) is 0 Å². The predicted octanol–water partition coefficient (Wildman–Crippen LogP) is 3.78. The van der Waals surface area contributed by atoms with Gasteiger partial charge in [-0.05, 0) is 49.9 Å². The van der Waals surface area contributed by atoms with Crippen LogP contribution in [0.25, 0.3) is 0 Å². The van der Waals surface area contributed by atoms with Gasteiger partial charge in [-0.3, -0.25) is 0 Å². The lowest BCUT2D eigenvalue weighted by molar-refractivity contribution is 0.497. The summed E-state index contributed by atoms with van der Waals surface area (Å²) in [5, 5.41) is 6.77. The van der Waals surface area contributed by atoms with Crippen molar-refractivity contribution in [2.75, 3.05) is 26.2 Å². The second-order valence-corrected chi connectivity index (χ2v) is 6.89. The molecule has 0 atom stereocenters. The van der Waals surface area contributed by atoms with Gasteiger partial charge in [-0.25, -0.2) is 0 Å². The Morgan fingerprint density at radius 3 is 0.722 bits per heavy atom. The Morgan fingerprint density at radius 2 is 0.611 bits per heavy atom. The molecule has 0 saturated carbocycles. The van der Waals surface area contributed by atoms with Gasteiger partial charge in [0.1, 0.15) is 0 Å². The van der Waals surface area contributed by atoms with Crippen LogP contribution >= 0.6 is 0 Å². The molecule has 0 fully saturated rings. The van der Waals surface area contributed by atoms with E-state index in [0.717, 1.165) is 49.9 Å². The van der Waals surface area contributed by atoms with Crippen LogP contribution in [0.5, 0.6) is 0 Å². The van der Waals surface area contributed by atoms with Crippen molar-refractivity contribution in [1.29, 1.82) is 0 Å². The van der Waals surface area contributed by atoms with E-state index in [1.165, 1.54) is 0 Å². The fourth-order valence-electron chi connectivity index (χ4n) is 1.32. The lowest BCUT2D eigenvalue weighted by atomic mass is 10.2. The molecule has 0 bridgehead atoms. The van der Waals surface area contributed by atoms with Crippen LogP contribution in [0.4, 0.5) is 0 Å². The van der Waals surface area contributed by atoms with Crippen LogP contribution in [0.2, 0.25) is 0 Å². The maximum absolute atomic E-state index is 3.38. The molecular formula is C16H38N2. The highest BCUT2D eigenvalue weighted by Gasteiger charge is 1.94. The van der Waals surface area contributed by atoms with Crippen LogP contribution in [0.3, 0.4) is 0 Å². The highest BCUT2D eigenvalue weighted by atomic mass is 14.9. The monoisotopic (exact) mass is 258 g/mol. The Morgan fingerprint density at radius 1 is 0.444 bits per heavy atom. The topological polar surface area (TPSA) is 24.1 Å². The van der Waals surface area contributed by atoms with Gasteiger partial charge in [0.2, 0.25) is 0 Å². The first-order valence-corrected chi connectivity index (χ1v) is 7.67. The van der Waals surface area contributed by atoms with Crippen molar-refractivity contribution < 1.29 is 0 Å². The van der Waals surface area contributed by atoms with Crippen molar-refractivity contribution in [1.82, 2.24) is 10.6 Å². The highest BCUT2D eigenvalue weighted by molar-refractivity contribution is 4.53. The summed E-state index contributed by atoms with van der Waals surface area (Å²) in [6.07, 6.45) is 0. The summed E-state index contributed by atoms with van der Waals surface area (Å²) in [7, 11) is 0. The van der Waals surface area contributed by atoms with E-state index in [1.807, 2.05) is 0 Å². The summed E-state index contributed by atoms with van der Waals surface area (Å²) in [6, 6.07) is 0. The van der Waals surface area contributed by atoms with E-state index in [2.05, 4.69) is 66.0 Å². The van der Waals surface area contributed by atoms with E-state index < -0.39 is 0 Å². The van der Waals surface area contributed by atoms with Crippen molar-refractivity contribution in [2.24, 2.45) is 23.7 Å². The Hall–Kier alpha value is -0.0800. The highest BCUT2D eigenvalue weighted by Crippen LogP contribution is 1.91. The fourth-order valence-corrected chi connectivity index (χ4v) is 1.32. The molecule has 0 aromatic heterocycles. The zero-order valence-electron chi connectivity index (χ0n) is 14.1. The van der Waals surface area contributed by atoms with Crippen molar-refractivity contribution in [3.8, 4) is 0 Å². The zero-order valence-corrected chi connectivity index (χ0v) is 14.1. The average Bonchev–Trinajstić information content (AvgIpc) is 2.15. The third kappa shape index (κ3) is 24.9. The number of hydrogen-bond donors (Lipinski definition) is 2. The second-order valence-electron chi connectivity index (χ2n) is 6.89. The van der Waals surface area contributed by atoms with Gasteiger partial charge in [0, 0.05) is 0 Å². The summed E-state index contributed by atoms with van der Waals surface area (Å²) in [4.78, 5) is 0. The smallest absolute Gasteiger partial charge is 0.00257 e. The molecule has 0 saturated heterocycles. The summed E-state index contributed by atoms with van der Waals surface area (Å²) < 4.78 is 0. The van der Waals surface area contributed by atoms with Gasteiger partial charge in [-0.15, -0.1) is 0 Å². The Bertz CT molecular complexity index is 117. The Labute approximate surface area is 116 Å². The summed E-state index contributed by atoms with van der Waals surface area (Å²) in [6.45, 7) is 22.4. The molecule has 18 heavy (non-hydrogen) atoms. The molecule has 0 aromatic rings. The first-order chi connectivity index (χ1) is 8.25. The molecule has 0 aliphatic heterocycles. The molecule has 112 valence electrons. The number of nitrogens with one attached hydrogen (secondary N) is 2. The van der Waals surface area contributed by atoms with Gasteiger partial charge in [0.05, 0.1) is 0 Å². The van der Waals surface area contributed by atoms with E-state index in [-0.39, 0.29) is 0 Å². The quantitative estimate of drug-likeness (QED) is 0.692. The average molecular weight is 258 g/mol. The molecule has 2 heteroatoms. The minimum Gasteiger partial charge on any atom is -0.316 e. The van der Waals surface area contributed by atoms with Crippen molar-refractivity contribution in [2.45, 2.75) is 55.4 Å². The van der Waals surface area contributed by atoms with Gasteiger partial charge in [0.15, 0.2) is 0 Å². The van der Waals surface area contributed by atoms with E-state index in [9.17, 15) is 0 Å². The SMILES string of the molecule is CC(C)CNCC(C)C.CC(C)CNCC(C)C. The Balaban J connectivity index is 0. The molecular weight excluding hydrogens is 220 g/mol. The van der Waals surface area contributed by atoms with Crippen LogP contribution in [0, 0.1) is 23.7 Å². The maximum Gasteiger partial charge on any atom is -0.00257 e. The molecule has 0 aliphatic carbocycles. The number of hydrogen-bond acceptors (Lipinski definition) is 2. The normalized spacial score (nSPS) is 11.3. The summed E-state index contributed by atoms with van der Waals surface area (Å²) >= 11 is 0. The summed E-state index contributed by atoms with van der Waals surface area (Å²) in [5.41, 5.74) is 0. The second kappa shape index (κ2) is 13.4. The summed E-state index contributed by atoms with van der Waals surface area (Å²) in [5.74, 6) is 3.12. The van der Waals surface area contributed by atoms with Gasteiger partial charge < -0.3 is 10.6 Å². The van der Waals surface area contributed by atoms with Gasteiger partial charge in [0.25, 0.3) is 0 Å². The Kier molecular flexibility index (Phi) is 15.0. The van der Waals surface area contributed by atoms with Crippen molar-refractivity contribution in [3.05, 3.63) is 0 Å². The van der Waals surface area contributed by atoms with Crippen LogP contribution in [-0.4, -0.2) is 26.2 Å². The lowest BCUT2D eigenvalue weighted by Crippen LogP contribution is -2.23. The molecule has 0 aromatic carbocycles. The molecule has 0 spiro atoms. The van der Waals surface area contributed by atoms with Crippen LogP contribution in [0.15, 0.2) is 0 Å². The minimum absolute atomic E-state index is 0.781.